The van der Waals surface area contributed by atoms with Gasteiger partial charge >= 0.3 is 0 Å². The SMILES string of the molecule is NC(=O)C1c2ccc([C]=O)cc2CN1C1CCC(=O)NC1=O. The van der Waals surface area contributed by atoms with E-state index in [2.05, 4.69) is 5.32 Å². The lowest BCUT2D eigenvalue weighted by Gasteiger charge is -2.32. The number of carbonyl (C=O) groups excluding carboxylic acids is 4. The Morgan fingerprint density at radius 3 is 2.77 bits per heavy atom. The van der Waals surface area contributed by atoms with Gasteiger partial charge in [-0.05, 0) is 23.6 Å². The van der Waals surface area contributed by atoms with Crippen LogP contribution in [0, 0.1) is 0 Å². The van der Waals surface area contributed by atoms with Gasteiger partial charge in [0.25, 0.3) is 0 Å². The van der Waals surface area contributed by atoms with Gasteiger partial charge in [0.1, 0.15) is 6.04 Å². The molecular weight excluding hydrogens is 286 g/mol. The van der Waals surface area contributed by atoms with Crippen molar-refractivity contribution in [1.29, 1.82) is 0 Å². The van der Waals surface area contributed by atoms with E-state index in [0.717, 1.165) is 5.56 Å². The molecular formula is C15H14N3O4. The molecule has 2 unspecified atom stereocenters. The maximum atomic E-state index is 12.0. The highest BCUT2D eigenvalue weighted by molar-refractivity contribution is 6.00. The Morgan fingerprint density at radius 1 is 1.36 bits per heavy atom. The maximum absolute atomic E-state index is 12.0. The van der Waals surface area contributed by atoms with Gasteiger partial charge in [-0.2, -0.15) is 0 Å². The summed E-state index contributed by atoms with van der Waals surface area (Å²) in [6, 6.07) is 3.54. The standard InChI is InChI=1S/C15H14N3O4/c16-14(21)13-10-2-1-8(7-19)5-9(10)6-18(13)11-3-4-12(20)17-15(11)22/h1-2,5,11,13H,3-4,6H2,(H2,16,21)(H,17,20,22). The van der Waals surface area contributed by atoms with Crippen molar-refractivity contribution in [2.75, 3.05) is 0 Å². The molecule has 1 fully saturated rings. The lowest BCUT2D eigenvalue weighted by molar-refractivity contribution is -0.139. The number of nitrogens with two attached hydrogens (primary N) is 1. The fourth-order valence-corrected chi connectivity index (χ4v) is 3.14. The van der Waals surface area contributed by atoms with Gasteiger partial charge in [-0.1, -0.05) is 12.1 Å². The summed E-state index contributed by atoms with van der Waals surface area (Å²) in [6.07, 6.45) is 2.37. The maximum Gasteiger partial charge on any atom is 0.243 e. The molecule has 0 aromatic heterocycles. The van der Waals surface area contributed by atoms with Gasteiger partial charge in [0.2, 0.25) is 24.0 Å². The van der Waals surface area contributed by atoms with Crippen LogP contribution in [0.1, 0.15) is 35.6 Å². The van der Waals surface area contributed by atoms with Crippen LogP contribution in [0.5, 0.6) is 0 Å². The van der Waals surface area contributed by atoms with Crippen LogP contribution in [-0.4, -0.2) is 34.9 Å². The number of hydrogen-bond donors (Lipinski definition) is 2. The number of nitrogens with one attached hydrogen (secondary N) is 1. The second-order valence-corrected chi connectivity index (χ2v) is 5.46. The van der Waals surface area contributed by atoms with Crippen LogP contribution in [0.3, 0.4) is 0 Å². The summed E-state index contributed by atoms with van der Waals surface area (Å²) in [5.41, 5.74) is 7.34. The Hall–Kier alpha value is -2.54. The fraction of sp³-hybridized carbons (Fsp3) is 0.333. The molecule has 0 saturated carbocycles. The second kappa shape index (κ2) is 5.34. The molecule has 0 bridgehead atoms. The van der Waals surface area contributed by atoms with E-state index in [4.69, 9.17) is 5.73 Å². The molecule has 2 heterocycles. The molecule has 3 amide bonds. The van der Waals surface area contributed by atoms with E-state index >= 15 is 0 Å². The van der Waals surface area contributed by atoms with Crippen LogP contribution >= 0.6 is 0 Å². The predicted octanol–water partition coefficient (Wildman–Crippen LogP) is -0.708. The minimum atomic E-state index is -0.736. The minimum Gasteiger partial charge on any atom is -0.368 e. The Labute approximate surface area is 126 Å². The third-order valence-electron chi connectivity index (χ3n) is 4.12. The molecule has 3 rings (SSSR count). The second-order valence-electron chi connectivity index (χ2n) is 5.46. The highest BCUT2D eigenvalue weighted by Crippen LogP contribution is 2.37. The third-order valence-corrected chi connectivity index (χ3v) is 4.12. The molecule has 3 N–H and O–H groups in total. The van der Waals surface area contributed by atoms with Crippen LogP contribution in [0.15, 0.2) is 18.2 Å². The normalized spacial score (nSPS) is 24.7. The first kappa shape index (κ1) is 14.4. The predicted molar refractivity (Wildman–Crippen MR) is 74.9 cm³/mol. The number of fused-ring (bicyclic) bond motifs is 1. The lowest BCUT2D eigenvalue weighted by Crippen LogP contribution is -2.53. The Bertz CT molecular complexity index is 685. The topological polar surface area (TPSA) is 110 Å². The van der Waals surface area contributed by atoms with Crippen LogP contribution < -0.4 is 11.1 Å². The van der Waals surface area contributed by atoms with Gasteiger partial charge in [0.05, 0.1) is 6.04 Å². The smallest absolute Gasteiger partial charge is 0.243 e. The number of hydrogen-bond acceptors (Lipinski definition) is 5. The number of imide groups is 1. The van der Waals surface area contributed by atoms with Crippen molar-refractivity contribution in [2.45, 2.75) is 31.5 Å². The highest BCUT2D eigenvalue weighted by Gasteiger charge is 2.42. The number of benzene rings is 1. The summed E-state index contributed by atoms with van der Waals surface area (Å²) in [5.74, 6) is -1.30. The van der Waals surface area contributed by atoms with Gasteiger partial charge in [0, 0.05) is 18.5 Å². The summed E-state index contributed by atoms with van der Waals surface area (Å²) in [5, 5.41) is 2.28. The van der Waals surface area contributed by atoms with Gasteiger partial charge in [-0.15, -0.1) is 0 Å². The first-order chi connectivity index (χ1) is 10.5. The molecule has 1 aromatic rings. The molecule has 22 heavy (non-hydrogen) atoms. The number of piperidine rings is 1. The summed E-state index contributed by atoms with van der Waals surface area (Å²) >= 11 is 0. The van der Waals surface area contributed by atoms with Crippen molar-refractivity contribution in [1.82, 2.24) is 10.2 Å². The summed E-state index contributed by atoms with van der Waals surface area (Å²) in [4.78, 5) is 47.6. The van der Waals surface area contributed by atoms with Crippen molar-refractivity contribution >= 4 is 24.0 Å². The molecule has 2 atom stereocenters. The average Bonchev–Trinajstić information content (AvgIpc) is 2.85. The summed E-state index contributed by atoms with van der Waals surface area (Å²) < 4.78 is 0. The van der Waals surface area contributed by atoms with Gasteiger partial charge in [-0.25, -0.2) is 0 Å². The van der Waals surface area contributed by atoms with Crippen LogP contribution in [0.25, 0.3) is 0 Å². The van der Waals surface area contributed by atoms with E-state index in [1.54, 1.807) is 29.4 Å². The van der Waals surface area contributed by atoms with Crippen molar-refractivity contribution in [2.24, 2.45) is 5.73 Å². The monoisotopic (exact) mass is 300 g/mol. The number of carbonyl (C=O) groups is 3. The quantitative estimate of drug-likeness (QED) is 0.717. The first-order valence-corrected chi connectivity index (χ1v) is 6.91. The zero-order chi connectivity index (χ0) is 15.9. The summed E-state index contributed by atoms with van der Waals surface area (Å²) in [6.45, 7) is 0.324. The van der Waals surface area contributed by atoms with Crippen molar-refractivity contribution in [3.05, 3.63) is 34.9 Å². The van der Waals surface area contributed by atoms with E-state index in [1.807, 2.05) is 0 Å². The highest BCUT2D eigenvalue weighted by atomic mass is 16.2. The third kappa shape index (κ3) is 2.29. The molecule has 1 aromatic carbocycles. The number of amides is 3. The number of primary amides is 1. The molecule has 0 aliphatic carbocycles. The van der Waals surface area contributed by atoms with E-state index in [1.165, 1.54) is 0 Å². The zero-order valence-electron chi connectivity index (χ0n) is 11.7. The van der Waals surface area contributed by atoms with Crippen LogP contribution in [0.4, 0.5) is 0 Å². The Balaban J connectivity index is 1.95. The lowest BCUT2D eigenvalue weighted by atomic mass is 10.0. The Morgan fingerprint density at radius 2 is 2.14 bits per heavy atom. The molecule has 2 aliphatic heterocycles. The largest absolute Gasteiger partial charge is 0.368 e. The molecule has 7 heteroatoms. The van der Waals surface area contributed by atoms with Crippen molar-refractivity contribution in [3.63, 3.8) is 0 Å². The average molecular weight is 300 g/mol. The zero-order valence-corrected chi connectivity index (χ0v) is 11.7. The van der Waals surface area contributed by atoms with Crippen molar-refractivity contribution in [3.8, 4) is 0 Å². The van der Waals surface area contributed by atoms with Crippen molar-refractivity contribution < 1.29 is 19.2 Å². The molecule has 1 saturated heterocycles. The summed E-state index contributed by atoms with van der Waals surface area (Å²) in [7, 11) is 0. The molecule has 113 valence electrons. The minimum absolute atomic E-state index is 0.224. The van der Waals surface area contributed by atoms with Crippen LogP contribution in [0.2, 0.25) is 0 Å². The molecule has 1 radical (unpaired) electrons. The van der Waals surface area contributed by atoms with Gasteiger partial charge in [0.15, 0.2) is 0 Å². The van der Waals surface area contributed by atoms with E-state index in [-0.39, 0.29) is 12.3 Å². The first-order valence-electron chi connectivity index (χ1n) is 6.91. The van der Waals surface area contributed by atoms with Gasteiger partial charge in [-0.3, -0.25) is 29.4 Å². The fourth-order valence-electron chi connectivity index (χ4n) is 3.14. The number of nitrogens with zero attached hydrogens (tertiary/aromatic N) is 1. The number of rotatable bonds is 3. The van der Waals surface area contributed by atoms with Crippen LogP contribution in [-0.2, 0) is 25.7 Å². The van der Waals surface area contributed by atoms with E-state index in [9.17, 15) is 19.2 Å². The molecule has 0 spiro atoms. The molecule has 7 nitrogen and oxygen atoms in total. The van der Waals surface area contributed by atoms with Gasteiger partial charge < -0.3 is 5.73 Å². The van der Waals surface area contributed by atoms with E-state index in [0.29, 0.717) is 24.1 Å². The van der Waals surface area contributed by atoms with E-state index < -0.39 is 23.9 Å². The molecule has 2 aliphatic rings. The Kier molecular flexibility index (Phi) is 3.50.